The Bertz CT molecular complexity index is 654. The van der Waals surface area contributed by atoms with Gasteiger partial charge in [-0.05, 0) is 36.8 Å². The lowest BCUT2D eigenvalue weighted by Gasteiger charge is -2.23. The quantitative estimate of drug-likeness (QED) is 0.670. The Balaban J connectivity index is 1.71. The largest absolute Gasteiger partial charge is 0.388 e. The summed E-state index contributed by atoms with van der Waals surface area (Å²) in [7, 11) is 0. The number of carbonyl (C=O) groups excluding carboxylic acids is 2. The normalized spacial score (nSPS) is 13.1. The van der Waals surface area contributed by atoms with Crippen molar-refractivity contribution in [1.29, 1.82) is 0 Å². The van der Waals surface area contributed by atoms with E-state index in [9.17, 15) is 14.7 Å². The number of amides is 2. The second kappa shape index (κ2) is 8.61. The molecule has 128 valence electrons. The number of aryl methyl sites for hydroxylation is 1. The van der Waals surface area contributed by atoms with Gasteiger partial charge in [-0.2, -0.15) is 0 Å². The fourth-order valence-electron chi connectivity index (χ4n) is 2.16. The number of hydrogen-bond acceptors (Lipinski definition) is 4. The van der Waals surface area contributed by atoms with Gasteiger partial charge in [0.25, 0.3) is 0 Å². The first-order valence-electron chi connectivity index (χ1n) is 7.81. The number of aliphatic hydroxyl groups is 1. The summed E-state index contributed by atoms with van der Waals surface area (Å²) < 4.78 is 0. The summed E-state index contributed by atoms with van der Waals surface area (Å²) in [6.07, 6.45) is 1.20. The van der Waals surface area contributed by atoms with Gasteiger partial charge in [0.2, 0.25) is 0 Å². The van der Waals surface area contributed by atoms with Crippen LogP contribution in [0.25, 0.3) is 0 Å². The molecule has 0 aliphatic carbocycles. The Labute approximate surface area is 145 Å². The van der Waals surface area contributed by atoms with E-state index in [-0.39, 0.29) is 6.54 Å². The highest BCUT2D eigenvalue weighted by Gasteiger charge is 2.23. The molecule has 2 rings (SSSR count). The third-order valence-electron chi connectivity index (χ3n) is 3.63. The molecule has 2 aromatic rings. The van der Waals surface area contributed by atoms with Crippen LogP contribution in [0, 0.1) is 0 Å². The van der Waals surface area contributed by atoms with Gasteiger partial charge in [0.15, 0.2) is 0 Å². The van der Waals surface area contributed by atoms with Crippen LogP contribution < -0.4 is 10.6 Å². The minimum Gasteiger partial charge on any atom is -0.388 e. The van der Waals surface area contributed by atoms with Crippen LogP contribution in [0.2, 0.25) is 0 Å². The highest BCUT2D eigenvalue weighted by Crippen LogP contribution is 2.13. The van der Waals surface area contributed by atoms with Crippen molar-refractivity contribution >= 4 is 23.2 Å². The molecule has 0 radical (unpaired) electrons. The van der Waals surface area contributed by atoms with E-state index in [1.807, 2.05) is 47.8 Å². The van der Waals surface area contributed by atoms with Crippen molar-refractivity contribution < 1.29 is 14.7 Å². The summed E-state index contributed by atoms with van der Waals surface area (Å²) in [5, 5.41) is 17.3. The summed E-state index contributed by atoms with van der Waals surface area (Å²) >= 11 is 1.51. The molecule has 0 spiro atoms. The lowest BCUT2D eigenvalue weighted by Crippen LogP contribution is -2.46. The van der Waals surface area contributed by atoms with E-state index in [0.717, 1.165) is 10.4 Å². The molecule has 2 amide bonds. The first-order chi connectivity index (χ1) is 11.5. The lowest BCUT2D eigenvalue weighted by molar-refractivity contribution is -0.139. The summed E-state index contributed by atoms with van der Waals surface area (Å²) in [5.41, 5.74) is 0.0530. The van der Waals surface area contributed by atoms with Gasteiger partial charge < -0.3 is 15.7 Å². The van der Waals surface area contributed by atoms with E-state index in [2.05, 4.69) is 10.6 Å². The summed E-state index contributed by atoms with van der Waals surface area (Å²) in [5.74, 6) is -1.42. The molecule has 0 bridgehead atoms. The zero-order valence-electron chi connectivity index (χ0n) is 13.6. The molecule has 0 saturated carbocycles. The van der Waals surface area contributed by atoms with Crippen LogP contribution in [0.5, 0.6) is 0 Å². The molecular weight excluding hydrogens is 324 g/mol. The van der Waals surface area contributed by atoms with Crippen LogP contribution in [-0.4, -0.2) is 29.1 Å². The maximum atomic E-state index is 11.8. The van der Waals surface area contributed by atoms with Crippen LogP contribution in [-0.2, 0) is 22.6 Å². The number of rotatable bonds is 7. The molecule has 0 fully saturated rings. The molecular formula is C18H22N2O3S. The third kappa shape index (κ3) is 6.14. The maximum Gasteiger partial charge on any atom is 0.309 e. The van der Waals surface area contributed by atoms with Gasteiger partial charge in [-0.15, -0.1) is 11.3 Å². The molecule has 1 aromatic carbocycles. The van der Waals surface area contributed by atoms with Gasteiger partial charge in [-0.25, -0.2) is 0 Å². The average Bonchev–Trinajstić information content (AvgIpc) is 3.10. The molecule has 0 aliphatic rings. The SMILES string of the molecule is C[C@](O)(CCc1ccccc1)CNC(=O)C(=O)NCc1cccs1. The first-order valence-corrected chi connectivity index (χ1v) is 8.69. The molecule has 24 heavy (non-hydrogen) atoms. The third-order valence-corrected chi connectivity index (χ3v) is 4.51. The highest BCUT2D eigenvalue weighted by atomic mass is 32.1. The van der Waals surface area contributed by atoms with Gasteiger partial charge in [-0.3, -0.25) is 9.59 Å². The van der Waals surface area contributed by atoms with Crippen LogP contribution in [0.4, 0.5) is 0 Å². The van der Waals surface area contributed by atoms with Crippen molar-refractivity contribution in [1.82, 2.24) is 10.6 Å². The molecule has 0 saturated heterocycles. The Morgan fingerprint density at radius 2 is 1.79 bits per heavy atom. The van der Waals surface area contributed by atoms with E-state index < -0.39 is 17.4 Å². The van der Waals surface area contributed by atoms with Crippen molar-refractivity contribution in [2.75, 3.05) is 6.54 Å². The van der Waals surface area contributed by atoms with E-state index in [4.69, 9.17) is 0 Å². The number of hydrogen-bond donors (Lipinski definition) is 3. The minimum atomic E-state index is -1.07. The molecule has 0 unspecified atom stereocenters. The number of nitrogens with one attached hydrogen (secondary N) is 2. The Kier molecular flexibility index (Phi) is 6.52. The molecule has 1 aromatic heterocycles. The number of carbonyl (C=O) groups is 2. The van der Waals surface area contributed by atoms with Gasteiger partial charge in [0.1, 0.15) is 0 Å². The van der Waals surface area contributed by atoms with E-state index >= 15 is 0 Å². The van der Waals surface area contributed by atoms with Crippen LogP contribution in [0.3, 0.4) is 0 Å². The molecule has 3 N–H and O–H groups in total. The van der Waals surface area contributed by atoms with E-state index in [0.29, 0.717) is 19.4 Å². The van der Waals surface area contributed by atoms with Crippen molar-refractivity contribution in [2.24, 2.45) is 0 Å². The minimum absolute atomic E-state index is 0.0328. The van der Waals surface area contributed by atoms with Gasteiger partial charge in [0.05, 0.1) is 12.1 Å². The van der Waals surface area contributed by atoms with Crippen molar-refractivity contribution in [3.05, 3.63) is 58.3 Å². The summed E-state index contributed by atoms with van der Waals surface area (Å²) in [6, 6.07) is 13.6. The predicted octanol–water partition coefficient (Wildman–Crippen LogP) is 1.86. The molecule has 6 heteroatoms. The zero-order valence-corrected chi connectivity index (χ0v) is 14.4. The maximum absolute atomic E-state index is 11.8. The van der Waals surface area contributed by atoms with Crippen molar-refractivity contribution in [3.8, 4) is 0 Å². The Hall–Kier alpha value is -2.18. The fraction of sp³-hybridized carbons (Fsp3) is 0.333. The second-order valence-corrected chi connectivity index (χ2v) is 6.96. The van der Waals surface area contributed by atoms with E-state index in [1.54, 1.807) is 6.92 Å². The van der Waals surface area contributed by atoms with Crippen LogP contribution in [0.1, 0.15) is 23.8 Å². The van der Waals surface area contributed by atoms with Crippen molar-refractivity contribution in [3.63, 3.8) is 0 Å². The summed E-state index contributed by atoms with van der Waals surface area (Å²) in [6.45, 7) is 2.01. The standard InChI is InChI=1S/C18H22N2O3S/c1-18(23,10-9-14-6-3-2-4-7-14)13-20-17(22)16(21)19-12-15-8-5-11-24-15/h2-8,11,23H,9-10,12-13H2,1H3,(H,19,21)(H,20,22)/t18-/m0/s1. The zero-order chi connectivity index (χ0) is 17.4. The average molecular weight is 346 g/mol. The molecule has 0 aliphatic heterocycles. The van der Waals surface area contributed by atoms with Gasteiger partial charge in [0, 0.05) is 11.4 Å². The number of benzene rings is 1. The van der Waals surface area contributed by atoms with Crippen LogP contribution in [0.15, 0.2) is 47.8 Å². The fourth-order valence-corrected chi connectivity index (χ4v) is 2.80. The van der Waals surface area contributed by atoms with Crippen molar-refractivity contribution in [2.45, 2.75) is 31.9 Å². The number of thiophene rings is 1. The monoisotopic (exact) mass is 346 g/mol. The lowest BCUT2D eigenvalue weighted by atomic mass is 9.97. The first kappa shape index (κ1) is 18.2. The molecule has 5 nitrogen and oxygen atoms in total. The smallest absolute Gasteiger partial charge is 0.309 e. The highest BCUT2D eigenvalue weighted by molar-refractivity contribution is 7.09. The Morgan fingerprint density at radius 1 is 1.08 bits per heavy atom. The Morgan fingerprint density at radius 3 is 2.46 bits per heavy atom. The topological polar surface area (TPSA) is 78.4 Å². The molecule has 1 atom stereocenters. The predicted molar refractivity (Wildman–Crippen MR) is 94.6 cm³/mol. The van der Waals surface area contributed by atoms with Crippen LogP contribution >= 0.6 is 11.3 Å². The summed E-state index contributed by atoms with van der Waals surface area (Å²) in [4.78, 5) is 24.5. The molecule has 1 heterocycles. The van der Waals surface area contributed by atoms with Gasteiger partial charge >= 0.3 is 11.8 Å². The second-order valence-electron chi connectivity index (χ2n) is 5.93. The van der Waals surface area contributed by atoms with Gasteiger partial charge in [-0.1, -0.05) is 36.4 Å². The van der Waals surface area contributed by atoms with E-state index in [1.165, 1.54) is 11.3 Å².